The Kier molecular flexibility index (Phi) is 23.6. The zero-order valence-electron chi connectivity index (χ0n) is 47.8. The van der Waals surface area contributed by atoms with Crippen molar-refractivity contribution in [1.29, 1.82) is 0 Å². The number of ether oxygens (including phenoxy) is 3. The lowest BCUT2D eigenvalue weighted by Crippen LogP contribution is -2.20. The van der Waals surface area contributed by atoms with Gasteiger partial charge in [0.25, 0.3) is 0 Å². The molecule has 0 spiro atoms. The van der Waals surface area contributed by atoms with E-state index in [1.807, 2.05) is 25.0 Å². The van der Waals surface area contributed by atoms with Crippen LogP contribution in [0.3, 0.4) is 0 Å². The molecule has 8 rings (SSSR count). The fraction of sp³-hybridized carbons (Fsp3) is 0.531. The Morgan fingerprint density at radius 3 is 1.53 bits per heavy atom. The van der Waals surface area contributed by atoms with Crippen molar-refractivity contribution < 1.29 is 29.2 Å². The van der Waals surface area contributed by atoms with Crippen LogP contribution in [-0.4, -0.2) is 35.4 Å². The molecule has 0 radical (unpaired) electrons. The second-order valence-corrected chi connectivity index (χ2v) is 26.7. The summed E-state index contributed by atoms with van der Waals surface area (Å²) in [6.45, 7) is 41.2. The van der Waals surface area contributed by atoms with Crippen LogP contribution in [0, 0.1) is 46.8 Å². The standard InChI is InChI=1S/C14H19ClO.C13H18O.C13H20.C12H16O2.C11H16ClNO.CH2O/c1-14(2,3)12-5-9-4-11(8-16)13(15)7-10(9)6-12;1-13(2,3)9-10-4-5-12-11(8-10)6-7-14-12;1-10-6-7-12(8-11(10)2)9-13(3,4)5;1-12(2,3)7-9-4-5-10-11(6-9)14-8-13-10;1-11(2,3)5-8-4-9(12)10(7-14)13-6-8;1-2/h4,7,12,16H,5-6,8H2,1-3H3;4-5,8H,6-7,9H2,1-3H3;6-8H,9H2,1-5H3;4-6H,7-8H2,1-3H3;4,6,14H,5,7H2,1-3H3;1H2. The molecule has 1 atom stereocenters. The minimum absolute atomic E-state index is 0.0340. The van der Waals surface area contributed by atoms with Crippen LogP contribution in [0.4, 0.5) is 0 Å². The van der Waals surface area contributed by atoms with E-state index in [-0.39, 0.29) is 18.6 Å². The van der Waals surface area contributed by atoms with E-state index >= 15 is 0 Å². The lowest BCUT2D eigenvalue weighted by Gasteiger charge is -2.26. The van der Waals surface area contributed by atoms with Crippen molar-refractivity contribution in [3.63, 3.8) is 0 Å². The van der Waals surface area contributed by atoms with Crippen molar-refractivity contribution in [2.24, 2.45) is 33.0 Å². The van der Waals surface area contributed by atoms with Gasteiger partial charge in [-0.15, -0.1) is 0 Å². The number of aryl methyl sites for hydroxylation is 2. The molecular formula is C64H91Cl2NO6. The Morgan fingerprint density at radius 1 is 0.534 bits per heavy atom. The van der Waals surface area contributed by atoms with Crippen molar-refractivity contribution in [2.75, 3.05) is 13.4 Å². The second kappa shape index (κ2) is 27.4. The first-order valence-corrected chi connectivity index (χ1v) is 26.7. The number of fused-ring (bicyclic) bond motifs is 3. The quantitative estimate of drug-likeness (QED) is 0.175. The molecule has 402 valence electrons. The summed E-state index contributed by atoms with van der Waals surface area (Å²) in [6, 6.07) is 25.5. The fourth-order valence-electron chi connectivity index (χ4n) is 8.91. The summed E-state index contributed by atoms with van der Waals surface area (Å²) in [4.78, 5) is 12.1. The van der Waals surface area contributed by atoms with Crippen molar-refractivity contribution in [3.05, 3.63) is 150 Å². The Morgan fingerprint density at radius 2 is 1.03 bits per heavy atom. The lowest BCUT2D eigenvalue weighted by molar-refractivity contribution is -0.0980. The number of carbonyl (C=O) groups excluding carboxylic acids is 1. The van der Waals surface area contributed by atoms with Crippen LogP contribution in [-0.2, 0) is 63.0 Å². The summed E-state index contributed by atoms with van der Waals surface area (Å²) in [5.74, 6) is 3.52. The minimum atomic E-state index is -0.103. The van der Waals surface area contributed by atoms with Gasteiger partial charge < -0.3 is 29.2 Å². The number of carbonyl (C=O) groups is 1. The van der Waals surface area contributed by atoms with Crippen molar-refractivity contribution in [3.8, 4) is 17.2 Å². The third kappa shape index (κ3) is 22.5. The number of hydrogen-bond acceptors (Lipinski definition) is 7. The highest BCUT2D eigenvalue weighted by Gasteiger charge is 2.31. The summed E-state index contributed by atoms with van der Waals surface area (Å²) in [7, 11) is 0. The van der Waals surface area contributed by atoms with E-state index in [0.29, 0.717) is 50.1 Å². The number of halogens is 2. The van der Waals surface area contributed by atoms with Crippen molar-refractivity contribution >= 4 is 30.0 Å². The first-order valence-electron chi connectivity index (χ1n) is 25.9. The summed E-state index contributed by atoms with van der Waals surface area (Å²) in [5, 5.41) is 19.3. The van der Waals surface area contributed by atoms with Crippen LogP contribution in [0.1, 0.15) is 165 Å². The van der Waals surface area contributed by atoms with Crippen LogP contribution in [0.5, 0.6) is 17.2 Å². The summed E-state index contributed by atoms with van der Waals surface area (Å²) >= 11 is 12.0. The number of aliphatic hydroxyl groups is 2. The molecule has 1 aromatic heterocycles. The molecule has 0 bridgehead atoms. The fourth-order valence-corrected chi connectivity index (χ4v) is 9.40. The molecular weight excluding hydrogens is 950 g/mol. The predicted molar refractivity (Wildman–Crippen MR) is 307 cm³/mol. The normalized spacial score (nSPS) is 14.5. The number of benzene rings is 4. The molecule has 2 N–H and O–H groups in total. The molecule has 0 saturated heterocycles. The minimum Gasteiger partial charge on any atom is -0.493 e. The largest absolute Gasteiger partial charge is 0.493 e. The van der Waals surface area contributed by atoms with Gasteiger partial charge in [0.15, 0.2) is 11.5 Å². The Hall–Kier alpha value is -4.40. The number of aromatic nitrogens is 1. The Balaban J connectivity index is 0.000000239. The molecule has 7 nitrogen and oxygen atoms in total. The molecule has 0 fully saturated rings. The first kappa shape index (κ1) is 62.9. The number of rotatable bonds is 6. The number of aliphatic hydroxyl groups excluding tert-OH is 2. The van der Waals surface area contributed by atoms with Crippen molar-refractivity contribution in [1.82, 2.24) is 4.98 Å². The molecule has 1 unspecified atom stereocenters. The molecule has 1 aliphatic carbocycles. The highest BCUT2D eigenvalue weighted by Crippen LogP contribution is 2.40. The van der Waals surface area contributed by atoms with E-state index < -0.39 is 0 Å². The van der Waals surface area contributed by atoms with Crippen LogP contribution < -0.4 is 14.2 Å². The van der Waals surface area contributed by atoms with Crippen LogP contribution in [0.15, 0.2) is 79.0 Å². The van der Waals surface area contributed by atoms with Gasteiger partial charge in [0.05, 0.1) is 30.5 Å². The third-order valence-electron chi connectivity index (χ3n) is 12.5. The van der Waals surface area contributed by atoms with Gasteiger partial charge in [0.2, 0.25) is 6.79 Å². The van der Waals surface area contributed by atoms with Gasteiger partial charge in [-0.05, 0) is 171 Å². The van der Waals surface area contributed by atoms with Gasteiger partial charge >= 0.3 is 0 Å². The molecule has 0 saturated carbocycles. The van der Waals surface area contributed by atoms with E-state index in [1.165, 1.54) is 44.5 Å². The predicted octanol–water partition coefficient (Wildman–Crippen LogP) is 16.3. The summed E-state index contributed by atoms with van der Waals surface area (Å²) in [5.41, 5.74) is 15.2. The van der Waals surface area contributed by atoms with E-state index in [9.17, 15) is 5.11 Å². The van der Waals surface area contributed by atoms with E-state index in [0.717, 1.165) is 79.9 Å². The maximum Gasteiger partial charge on any atom is 0.231 e. The van der Waals surface area contributed by atoms with Gasteiger partial charge in [-0.2, -0.15) is 0 Å². The van der Waals surface area contributed by atoms with E-state index in [1.54, 1.807) is 6.20 Å². The van der Waals surface area contributed by atoms with E-state index in [4.69, 9.17) is 47.3 Å². The smallest absolute Gasteiger partial charge is 0.231 e. The zero-order valence-corrected chi connectivity index (χ0v) is 49.3. The Bertz CT molecular complexity index is 2440. The van der Waals surface area contributed by atoms with Crippen LogP contribution in [0.25, 0.3) is 0 Å². The molecule has 3 heterocycles. The van der Waals surface area contributed by atoms with Crippen molar-refractivity contribution in [2.45, 2.75) is 176 Å². The summed E-state index contributed by atoms with van der Waals surface area (Å²) < 4.78 is 16.1. The molecule has 5 aromatic rings. The maximum atomic E-state index is 9.19. The van der Waals surface area contributed by atoms with Crippen LogP contribution >= 0.6 is 23.2 Å². The third-order valence-corrected chi connectivity index (χ3v) is 13.2. The molecule has 0 amide bonds. The Labute approximate surface area is 451 Å². The SMILES string of the molecule is C=O.CC(C)(C)C1Cc2cc(Cl)c(CO)cc2C1.CC(C)(C)Cc1ccc2c(c1)CCO2.CC(C)(C)Cc1ccc2c(c1)OCO2.CC(C)(C)Cc1cnc(CO)c(Cl)c1.Cc1ccc(CC(C)(C)C)cc1C. The van der Waals surface area contributed by atoms with Gasteiger partial charge in [0, 0.05) is 17.6 Å². The van der Waals surface area contributed by atoms with E-state index in [2.05, 4.69) is 177 Å². The average Bonchev–Trinajstić information content (AvgIpc) is 4.04. The molecule has 4 aromatic carbocycles. The summed E-state index contributed by atoms with van der Waals surface area (Å²) in [6.07, 6.45) is 9.38. The van der Waals surface area contributed by atoms with Crippen LogP contribution in [0.2, 0.25) is 10.0 Å². The monoisotopic (exact) mass is 1040 g/mol. The number of nitrogens with zero attached hydrogens (tertiary/aromatic N) is 1. The highest BCUT2D eigenvalue weighted by molar-refractivity contribution is 6.31. The molecule has 2 aliphatic heterocycles. The zero-order chi connectivity index (χ0) is 55.1. The van der Waals surface area contributed by atoms with Gasteiger partial charge in [-0.25, -0.2) is 0 Å². The second-order valence-electron chi connectivity index (χ2n) is 25.9. The molecule has 3 aliphatic rings. The van der Waals surface area contributed by atoms with Gasteiger partial charge in [-0.3, -0.25) is 4.98 Å². The number of pyridine rings is 1. The number of hydrogen-bond donors (Lipinski definition) is 2. The van der Waals surface area contributed by atoms with Gasteiger partial charge in [0.1, 0.15) is 12.5 Å². The highest BCUT2D eigenvalue weighted by atomic mass is 35.5. The molecule has 73 heavy (non-hydrogen) atoms. The average molecular weight is 1040 g/mol. The first-order chi connectivity index (χ1) is 33.8. The molecule has 9 heteroatoms. The van der Waals surface area contributed by atoms with Gasteiger partial charge in [-0.1, -0.05) is 170 Å². The maximum absolute atomic E-state index is 9.19. The topological polar surface area (TPSA) is 98.1 Å². The lowest BCUT2D eigenvalue weighted by atomic mass is 9.79.